The van der Waals surface area contributed by atoms with E-state index in [-0.39, 0.29) is 12.6 Å². The second kappa shape index (κ2) is 4.23. The number of hydrogen-bond acceptors (Lipinski definition) is 3. The second-order valence-electron chi connectivity index (χ2n) is 3.36. The lowest BCUT2D eigenvalue weighted by Gasteiger charge is -2.04. The van der Waals surface area contributed by atoms with E-state index in [0.717, 1.165) is 10.9 Å². The van der Waals surface area contributed by atoms with Gasteiger partial charge in [-0.05, 0) is 34.5 Å². The van der Waals surface area contributed by atoms with E-state index >= 15 is 0 Å². The molecule has 0 radical (unpaired) electrons. The van der Waals surface area contributed by atoms with Crippen molar-refractivity contribution < 1.29 is 14.3 Å². The van der Waals surface area contributed by atoms with Crippen molar-refractivity contribution in [3.05, 3.63) is 22.2 Å². The number of halogens is 1. The van der Waals surface area contributed by atoms with Crippen LogP contribution in [0.5, 0.6) is 11.5 Å². The van der Waals surface area contributed by atoms with E-state index in [0.29, 0.717) is 23.5 Å². The van der Waals surface area contributed by atoms with Crippen LogP contribution in [0.25, 0.3) is 0 Å². The lowest BCUT2D eigenvalue weighted by Crippen LogP contribution is -1.99. The fourth-order valence-electron chi connectivity index (χ4n) is 1.49. The van der Waals surface area contributed by atoms with Crippen LogP contribution in [0, 0.1) is 0 Å². The van der Waals surface area contributed by atoms with Crippen molar-refractivity contribution in [1.82, 2.24) is 0 Å². The molecular formula is C11H11BrO3. The minimum atomic E-state index is 0.127. The van der Waals surface area contributed by atoms with Crippen molar-refractivity contribution in [2.75, 3.05) is 6.79 Å². The number of carbonyl (C=O) groups excluding carboxylic acids is 1. The van der Waals surface area contributed by atoms with Crippen LogP contribution in [0.2, 0.25) is 0 Å². The van der Waals surface area contributed by atoms with Gasteiger partial charge in [-0.2, -0.15) is 0 Å². The molecule has 0 unspecified atom stereocenters. The molecule has 0 atom stereocenters. The first-order chi connectivity index (χ1) is 7.22. The summed E-state index contributed by atoms with van der Waals surface area (Å²) in [6.07, 6.45) is 1.40. The second-order valence-corrected chi connectivity index (χ2v) is 4.21. The molecule has 0 spiro atoms. The average Bonchev–Trinajstić information content (AvgIpc) is 2.63. The molecule has 1 aliphatic rings. The Morgan fingerprint density at radius 1 is 1.40 bits per heavy atom. The van der Waals surface area contributed by atoms with Crippen LogP contribution >= 0.6 is 15.9 Å². The van der Waals surface area contributed by atoms with E-state index in [1.165, 1.54) is 0 Å². The zero-order chi connectivity index (χ0) is 10.8. The number of fused-ring (bicyclic) bond motifs is 1. The Kier molecular flexibility index (Phi) is 2.95. The minimum absolute atomic E-state index is 0.127. The van der Waals surface area contributed by atoms with Crippen molar-refractivity contribution in [1.29, 1.82) is 0 Å². The van der Waals surface area contributed by atoms with Crippen LogP contribution in [-0.2, 0) is 0 Å². The summed E-state index contributed by atoms with van der Waals surface area (Å²) in [6.45, 7) is 2.21. The topological polar surface area (TPSA) is 35.5 Å². The third-order valence-corrected chi connectivity index (χ3v) is 2.90. The zero-order valence-corrected chi connectivity index (χ0v) is 9.96. The SMILES string of the molecule is CCCC(=O)c1cc2c(cc1Br)OCO2. The summed E-state index contributed by atoms with van der Waals surface area (Å²) in [5, 5.41) is 0. The number of ether oxygens (including phenoxy) is 2. The van der Waals surface area contributed by atoms with Crippen molar-refractivity contribution in [2.45, 2.75) is 19.8 Å². The summed E-state index contributed by atoms with van der Waals surface area (Å²) in [5.41, 5.74) is 0.668. The zero-order valence-electron chi connectivity index (χ0n) is 8.38. The summed E-state index contributed by atoms with van der Waals surface area (Å²) in [7, 11) is 0. The standard InChI is InChI=1S/C11H11BrO3/c1-2-3-9(13)7-4-10-11(5-8(7)12)15-6-14-10/h4-5H,2-3,6H2,1H3. The van der Waals surface area contributed by atoms with E-state index < -0.39 is 0 Å². The molecule has 0 fully saturated rings. The first-order valence-electron chi connectivity index (χ1n) is 4.84. The third-order valence-electron chi connectivity index (χ3n) is 2.24. The molecule has 0 saturated heterocycles. The molecule has 2 rings (SSSR count). The third kappa shape index (κ3) is 2.00. The summed E-state index contributed by atoms with van der Waals surface area (Å²) in [6, 6.07) is 3.52. The smallest absolute Gasteiger partial charge is 0.231 e. The highest BCUT2D eigenvalue weighted by Gasteiger charge is 2.19. The number of benzene rings is 1. The van der Waals surface area contributed by atoms with Gasteiger partial charge in [0.15, 0.2) is 17.3 Å². The number of carbonyl (C=O) groups is 1. The van der Waals surface area contributed by atoms with Gasteiger partial charge in [0.1, 0.15) is 0 Å². The van der Waals surface area contributed by atoms with Gasteiger partial charge in [-0.15, -0.1) is 0 Å². The average molecular weight is 271 g/mol. The van der Waals surface area contributed by atoms with Crippen molar-refractivity contribution >= 4 is 21.7 Å². The van der Waals surface area contributed by atoms with Crippen LogP contribution in [0.4, 0.5) is 0 Å². The highest BCUT2D eigenvalue weighted by Crippen LogP contribution is 2.37. The molecule has 0 saturated carbocycles. The number of Topliss-reactive ketones (excluding diaryl/α,β-unsaturated/α-hetero) is 1. The molecule has 1 heterocycles. The van der Waals surface area contributed by atoms with Gasteiger partial charge in [0.2, 0.25) is 6.79 Å². The van der Waals surface area contributed by atoms with E-state index in [1.54, 1.807) is 12.1 Å². The maximum absolute atomic E-state index is 11.7. The van der Waals surface area contributed by atoms with Crippen LogP contribution in [0.3, 0.4) is 0 Å². The van der Waals surface area contributed by atoms with Gasteiger partial charge < -0.3 is 9.47 Å². The van der Waals surface area contributed by atoms with Gasteiger partial charge in [-0.25, -0.2) is 0 Å². The van der Waals surface area contributed by atoms with Crippen molar-refractivity contribution in [3.63, 3.8) is 0 Å². The summed E-state index contributed by atoms with van der Waals surface area (Å²) in [4.78, 5) is 11.7. The maximum atomic E-state index is 11.7. The summed E-state index contributed by atoms with van der Waals surface area (Å²) < 4.78 is 11.2. The number of rotatable bonds is 3. The Morgan fingerprint density at radius 3 is 2.73 bits per heavy atom. The highest BCUT2D eigenvalue weighted by molar-refractivity contribution is 9.10. The fourth-order valence-corrected chi connectivity index (χ4v) is 2.04. The molecule has 1 aromatic carbocycles. The first-order valence-corrected chi connectivity index (χ1v) is 5.64. The van der Waals surface area contributed by atoms with Gasteiger partial charge in [-0.3, -0.25) is 4.79 Å². The van der Waals surface area contributed by atoms with E-state index in [2.05, 4.69) is 15.9 Å². The fraction of sp³-hybridized carbons (Fsp3) is 0.364. The largest absolute Gasteiger partial charge is 0.454 e. The van der Waals surface area contributed by atoms with Gasteiger partial charge in [0.25, 0.3) is 0 Å². The molecule has 4 heteroatoms. The van der Waals surface area contributed by atoms with Gasteiger partial charge in [0.05, 0.1) is 0 Å². The quantitative estimate of drug-likeness (QED) is 0.792. The Hall–Kier alpha value is -1.03. The van der Waals surface area contributed by atoms with Crippen molar-refractivity contribution in [2.24, 2.45) is 0 Å². The maximum Gasteiger partial charge on any atom is 0.231 e. The van der Waals surface area contributed by atoms with Gasteiger partial charge >= 0.3 is 0 Å². The Labute approximate surface area is 96.5 Å². The molecule has 0 aromatic heterocycles. The summed E-state index contributed by atoms with van der Waals surface area (Å²) in [5.74, 6) is 1.47. The number of hydrogen-bond donors (Lipinski definition) is 0. The Morgan fingerprint density at radius 2 is 2.07 bits per heavy atom. The lowest BCUT2D eigenvalue weighted by molar-refractivity contribution is 0.0980. The first kappa shape index (κ1) is 10.5. The van der Waals surface area contributed by atoms with E-state index in [4.69, 9.17) is 9.47 Å². The van der Waals surface area contributed by atoms with Crippen LogP contribution in [0.15, 0.2) is 16.6 Å². The molecule has 15 heavy (non-hydrogen) atoms. The lowest BCUT2D eigenvalue weighted by atomic mass is 10.1. The van der Waals surface area contributed by atoms with Crippen LogP contribution in [-0.4, -0.2) is 12.6 Å². The monoisotopic (exact) mass is 270 g/mol. The molecule has 1 aliphatic heterocycles. The molecule has 0 N–H and O–H groups in total. The summed E-state index contributed by atoms with van der Waals surface area (Å²) >= 11 is 3.36. The highest BCUT2D eigenvalue weighted by atomic mass is 79.9. The molecule has 0 aliphatic carbocycles. The molecule has 3 nitrogen and oxygen atoms in total. The van der Waals surface area contributed by atoms with Gasteiger partial charge in [0, 0.05) is 16.5 Å². The molecule has 0 amide bonds. The van der Waals surface area contributed by atoms with Crippen LogP contribution in [0.1, 0.15) is 30.1 Å². The van der Waals surface area contributed by atoms with Gasteiger partial charge in [-0.1, -0.05) is 6.92 Å². The normalized spacial score (nSPS) is 12.9. The predicted molar refractivity (Wildman–Crippen MR) is 59.5 cm³/mol. The molecule has 1 aromatic rings. The Bertz CT molecular complexity index is 401. The predicted octanol–water partition coefficient (Wildman–Crippen LogP) is 3.16. The van der Waals surface area contributed by atoms with E-state index in [9.17, 15) is 4.79 Å². The van der Waals surface area contributed by atoms with Crippen LogP contribution < -0.4 is 9.47 Å². The van der Waals surface area contributed by atoms with E-state index in [1.807, 2.05) is 6.92 Å². The van der Waals surface area contributed by atoms with Crippen molar-refractivity contribution in [3.8, 4) is 11.5 Å². The molecule has 80 valence electrons. The molecule has 0 bridgehead atoms. The minimum Gasteiger partial charge on any atom is -0.454 e. The number of ketones is 1. The Balaban J connectivity index is 2.36. The molecular weight excluding hydrogens is 260 g/mol.